The van der Waals surface area contributed by atoms with Gasteiger partial charge in [-0.2, -0.15) is 0 Å². The molecular weight excluding hydrogens is 511 g/mol. The molecule has 0 unspecified atom stereocenters. The molecule has 3 aromatic rings. The van der Waals surface area contributed by atoms with Crippen molar-refractivity contribution in [2.75, 3.05) is 20.2 Å². The molecule has 2 aromatic heterocycles. The van der Waals surface area contributed by atoms with Gasteiger partial charge in [-0.05, 0) is 50.1 Å². The van der Waals surface area contributed by atoms with E-state index >= 15 is 0 Å². The molecule has 0 radical (unpaired) electrons. The first-order valence-corrected chi connectivity index (χ1v) is 10.6. The van der Waals surface area contributed by atoms with Crippen molar-refractivity contribution in [2.45, 2.75) is 33.2 Å². The Morgan fingerprint density at radius 3 is 2.43 bits per heavy atom. The number of benzene rings is 1. The van der Waals surface area contributed by atoms with Gasteiger partial charge in [0, 0.05) is 24.4 Å². The highest BCUT2D eigenvalue weighted by molar-refractivity contribution is 14.0. The maximum Gasteiger partial charge on any atom is 0.191 e. The molecule has 0 fully saturated rings. The average molecular weight is 540 g/mol. The van der Waals surface area contributed by atoms with Crippen LogP contribution in [-0.2, 0) is 19.4 Å². The van der Waals surface area contributed by atoms with Crippen molar-refractivity contribution in [3.63, 3.8) is 0 Å². The summed E-state index contributed by atoms with van der Waals surface area (Å²) in [6.07, 6.45) is 3.41. The largest absolute Gasteiger partial charge is 0.497 e. The Bertz CT molecular complexity index is 888. The summed E-state index contributed by atoms with van der Waals surface area (Å²) in [5.41, 5.74) is 2.33. The number of aromatic nitrogens is 1. The number of guanidine groups is 1. The summed E-state index contributed by atoms with van der Waals surface area (Å²) in [6, 6.07) is 12.0. The number of nitrogens with one attached hydrogen (secondary N) is 2. The second-order valence-electron chi connectivity index (χ2n) is 6.70. The molecule has 0 atom stereocenters. The van der Waals surface area contributed by atoms with E-state index in [0.717, 1.165) is 54.1 Å². The number of hydrogen-bond acceptors (Lipinski definition) is 5. The zero-order valence-corrected chi connectivity index (χ0v) is 20.8. The van der Waals surface area contributed by atoms with Gasteiger partial charge >= 0.3 is 0 Å². The molecule has 0 saturated heterocycles. The molecule has 1 aromatic carbocycles. The molecule has 6 nitrogen and oxygen atoms in total. The monoisotopic (exact) mass is 540 g/mol. The first-order valence-electron chi connectivity index (χ1n) is 9.74. The van der Waals surface area contributed by atoms with Crippen molar-refractivity contribution in [1.82, 2.24) is 15.6 Å². The maximum atomic E-state index is 5.40. The van der Waals surface area contributed by atoms with Crippen molar-refractivity contribution in [3.8, 4) is 5.75 Å². The quantitative estimate of drug-likeness (QED) is 0.238. The number of halogens is 1. The molecule has 30 heavy (non-hydrogen) atoms. The fraction of sp³-hybridized carbons (Fsp3) is 0.364. The standard InChI is InChI=1S/C22H28N4O2S.HI/c1-16-17(2)29-21(26-16)15-25-22(24-13-11-20-5-4-14-28-20)23-12-10-18-6-8-19(27-3)9-7-18;/h4-9,14H,10-13,15H2,1-3H3,(H2,23,24,25);1H. The van der Waals surface area contributed by atoms with Crippen LogP contribution in [0.1, 0.15) is 26.9 Å². The normalized spacial score (nSPS) is 11.1. The summed E-state index contributed by atoms with van der Waals surface area (Å²) in [6.45, 7) is 6.23. The number of thiazole rings is 1. The van der Waals surface area contributed by atoms with Crippen LogP contribution < -0.4 is 15.4 Å². The second-order valence-corrected chi connectivity index (χ2v) is 7.98. The Morgan fingerprint density at radius 2 is 1.83 bits per heavy atom. The third-order valence-corrected chi connectivity index (χ3v) is 5.61. The lowest BCUT2D eigenvalue weighted by Gasteiger charge is -2.12. The first kappa shape index (κ1) is 24.2. The minimum atomic E-state index is 0. The summed E-state index contributed by atoms with van der Waals surface area (Å²) in [4.78, 5) is 10.5. The molecule has 0 aliphatic rings. The van der Waals surface area contributed by atoms with E-state index in [0.29, 0.717) is 6.54 Å². The third kappa shape index (κ3) is 7.64. The van der Waals surface area contributed by atoms with Crippen LogP contribution in [0.15, 0.2) is 52.1 Å². The van der Waals surface area contributed by atoms with Gasteiger partial charge in [0.1, 0.15) is 16.5 Å². The summed E-state index contributed by atoms with van der Waals surface area (Å²) in [5.74, 6) is 2.62. The number of rotatable bonds is 9. The highest BCUT2D eigenvalue weighted by Crippen LogP contribution is 2.17. The van der Waals surface area contributed by atoms with E-state index < -0.39 is 0 Å². The van der Waals surface area contributed by atoms with Gasteiger partial charge in [0.2, 0.25) is 0 Å². The van der Waals surface area contributed by atoms with E-state index in [1.807, 2.05) is 31.2 Å². The zero-order valence-electron chi connectivity index (χ0n) is 17.6. The van der Waals surface area contributed by atoms with Crippen LogP contribution in [0.2, 0.25) is 0 Å². The van der Waals surface area contributed by atoms with Crippen molar-refractivity contribution in [1.29, 1.82) is 0 Å². The number of methoxy groups -OCH3 is 1. The van der Waals surface area contributed by atoms with Gasteiger partial charge in [-0.15, -0.1) is 35.3 Å². The summed E-state index contributed by atoms with van der Waals surface area (Å²) in [7, 11) is 1.68. The number of aliphatic imine (C=N–C) groups is 1. The topological polar surface area (TPSA) is 71.7 Å². The molecule has 162 valence electrons. The van der Waals surface area contributed by atoms with Gasteiger partial charge in [-0.1, -0.05) is 12.1 Å². The molecule has 0 amide bonds. The molecule has 2 N–H and O–H groups in total. The van der Waals surface area contributed by atoms with Crippen molar-refractivity contribution < 1.29 is 9.15 Å². The summed E-state index contributed by atoms with van der Waals surface area (Å²) < 4.78 is 10.6. The van der Waals surface area contributed by atoms with E-state index in [1.165, 1.54) is 10.4 Å². The van der Waals surface area contributed by atoms with E-state index in [2.05, 4.69) is 34.7 Å². The van der Waals surface area contributed by atoms with Crippen LogP contribution in [0.3, 0.4) is 0 Å². The number of aryl methyl sites for hydroxylation is 2. The lowest BCUT2D eigenvalue weighted by Crippen LogP contribution is -2.39. The van der Waals surface area contributed by atoms with Crippen molar-refractivity contribution in [2.24, 2.45) is 4.99 Å². The highest BCUT2D eigenvalue weighted by atomic mass is 127. The smallest absolute Gasteiger partial charge is 0.191 e. The second kappa shape index (κ2) is 12.6. The van der Waals surface area contributed by atoms with E-state index in [-0.39, 0.29) is 24.0 Å². The molecule has 3 rings (SSSR count). The summed E-state index contributed by atoms with van der Waals surface area (Å²) in [5, 5.41) is 7.84. The van der Waals surface area contributed by atoms with Crippen LogP contribution in [0.4, 0.5) is 0 Å². The van der Waals surface area contributed by atoms with Gasteiger partial charge in [0.25, 0.3) is 0 Å². The van der Waals surface area contributed by atoms with Crippen LogP contribution in [0.5, 0.6) is 5.75 Å². The maximum absolute atomic E-state index is 5.40. The first-order chi connectivity index (χ1) is 14.1. The minimum absolute atomic E-state index is 0. The van der Waals surface area contributed by atoms with Gasteiger partial charge in [-0.3, -0.25) is 0 Å². The molecular formula is C22H29IN4O2S. The van der Waals surface area contributed by atoms with Gasteiger partial charge in [0.05, 0.1) is 25.6 Å². The van der Waals surface area contributed by atoms with Gasteiger partial charge in [-0.25, -0.2) is 9.98 Å². The average Bonchev–Trinajstić information content (AvgIpc) is 3.36. The molecule has 0 aliphatic carbocycles. The number of ether oxygens (including phenoxy) is 1. The Hall–Kier alpha value is -2.07. The van der Waals surface area contributed by atoms with Crippen LogP contribution in [-0.4, -0.2) is 31.1 Å². The van der Waals surface area contributed by atoms with E-state index in [9.17, 15) is 0 Å². The van der Waals surface area contributed by atoms with Crippen LogP contribution in [0, 0.1) is 13.8 Å². The zero-order chi connectivity index (χ0) is 20.5. The van der Waals surface area contributed by atoms with Crippen LogP contribution in [0.25, 0.3) is 0 Å². The fourth-order valence-corrected chi connectivity index (χ4v) is 3.66. The fourth-order valence-electron chi connectivity index (χ4n) is 2.80. The van der Waals surface area contributed by atoms with Crippen molar-refractivity contribution >= 4 is 41.3 Å². The Balaban J connectivity index is 0.00000320. The molecule has 0 bridgehead atoms. The molecule has 0 aliphatic heterocycles. The molecule has 8 heteroatoms. The Kier molecular flexibility index (Phi) is 10.2. The number of hydrogen-bond donors (Lipinski definition) is 2. The number of nitrogens with zero attached hydrogens (tertiary/aromatic N) is 2. The summed E-state index contributed by atoms with van der Waals surface area (Å²) >= 11 is 1.70. The van der Waals surface area contributed by atoms with Crippen molar-refractivity contribution in [3.05, 3.63) is 69.6 Å². The van der Waals surface area contributed by atoms with Gasteiger partial charge < -0.3 is 19.8 Å². The number of furan rings is 1. The molecule has 2 heterocycles. The van der Waals surface area contributed by atoms with Crippen LogP contribution >= 0.6 is 35.3 Å². The van der Waals surface area contributed by atoms with Gasteiger partial charge in [0.15, 0.2) is 5.96 Å². The Morgan fingerprint density at radius 1 is 1.10 bits per heavy atom. The SMILES string of the molecule is COc1ccc(CCNC(=NCc2nc(C)c(C)s2)NCCc2ccco2)cc1.I. The third-order valence-electron chi connectivity index (χ3n) is 4.55. The predicted molar refractivity (Wildman–Crippen MR) is 133 cm³/mol. The minimum Gasteiger partial charge on any atom is -0.497 e. The molecule has 0 spiro atoms. The lowest BCUT2D eigenvalue weighted by atomic mass is 10.1. The Labute approximate surface area is 199 Å². The van der Waals surface area contributed by atoms with E-state index in [4.69, 9.17) is 14.1 Å². The predicted octanol–water partition coefficient (Wildman–Crippen LogP) is 4.50. The lowest BCUT2D eigenvalue weighted by molar-refractivity contribution is 0.414. The molecule has 0 saturated carbocycles. The highest BCUT2D eigenvalue weighted by Gasteiger charge is 2.05. The van der Waals surface area contributed by atoms with E-state index in [1.54, 1.807) is 24.7 Å².